The van der Waals surface area contributed by atoms with E-state index >= 15 is 0 Å². The van der Waals surface area contributed by atoms with Gasteiger partial charge in [0.1, 0.15) is 5.82 Å². The van der Waals surface area contributed by atoms with Crippen LogP contribution in [-0.4, -0.2) is 24.6 Å². The zero-order valence-corrected chi connectivity index (χ0v) is 11.2. The molecule has 1 aliphatic heterocycles. The van der Waals surface area contributed by atoms with E-state index in [1.165, 1.54) is 31.5 Å². The predicted octanol–water partition coefficient (Wildman–Crippen LogP) is 2.56. The van der Waals surface area contributed by atoms with Gasteiger partial charge >= 0.3 is 0 Å². The summed E-state index contributed by atoms with van der Waals surface area (Å²) in [4.78, 5) is 4.37. The Hall–Kier alpha value is -0.610. The number of aryl methyl sites for hydroxylation is 1. The lowest BCUT2D eigenvalue weighted by Gasteiger charge is -2.11. The third-order valence-electron chi connectivity index (χ3n) is 3.05. The van der Waals surface area contributed by atoms with Gasteiger partial charge in [0.05, 0.1) is 0 Å². The van der Waals surface area contributed by atoms with Gasteiger partial charge in [-0.1, -0.05) is 0 Å². The number of nitrogens with zero attached hydrogens (tertiary/aromatic N) is 1. The second-order valence-electron chi connectivity index (χ2n) is 4.39. The van der Waals surface area contributed by atoms with Gasteiger partial charge < -0.3 is 10.6 Å². The van der Waals surface area contributed by atoms with E-state index in [9.17, 15) is 0 Å². The van der Waals surface area contributed by atoms with E-state index in [1.807, 2.05) is 6.20 Å². The maximum Gasteiger partial charge on any atom is 0.128 e. The molecule has 0 radical (unpaired) electrons. The highest BCUT2D eigenvalue weighted by Crippen LogP contribution is 2.17. The second kappa shape index (κ2) is 5.64. The first-order chi connectivity index (χ1) is 7.75. The van der Waals surface area contributed by atoms with Gasteiger partial charge in [-0.05, 0) is 66.3 Å². The fourth-order valence-corrected chi connectivity index (χ4v) is 2.53. The van der Waals surface area contributed by atoms with Gasteiger partial charge in [0.2, 0.25) is 0 Å². The van der Waals surface area contributed by atoms with E-state index in [4.69, 9.17) is 0 Å². The van der Waals surface area contributed by atoms with E-state index in [0.29, 0.717) is 0 Å². The average molecular weight is 284 g/mol. The van der Waals surface area contributed by atoms with Crippen molar-refractivity contribution in [3.63, 3.8) is 0 Å². The summed E-state index contributed by atoms with van der Waals surface area (Å²) in [6.07, 6.45) is 4.38. The Labute approximate surface area is 105 Å². The summed E-state index contributed by atoms with van der Waals surface area (Å²) in [5.41, 5.74) is 1.19. The molecule has 0 spiro atoms. The Morgan fingerprint density at radius 2 is 2.50 bits per heavy atom. The Bertz CT molecular complexity index is 348. The quantitative estimate of drug-likeness (QED) is 0.892. The van der Waals surface area contributed by atoms with Crippen LogP contribution < -0.4 is 10.6 Å². The average Bonchev–Trinajstić information content (AvgIpc) is 2.74. The number of anilines is 1. The summed E-state index contributed by atoms with van der Waals surface area (Å²) in [6, 6.07) is 2.09. The normalized spacial score (nSPS) is 20.0. The molecule has 2 N–H and O–H groups in total. The van der Waals surface area contributed by atoms with Crippen LogP contribution in [0.25, 0.3) is 0 Å². The first-order valence-electron chi connectivity index (χ1n) is 5.82. The molecule has 1 aliphatic rings. The van der Waals surface area contributed by atoms with Crippen molar-refractivity contribution in [2.24, 2.45) is 5.92 Å². The highest BCUT2D eigenvalue weighted by Gasteiger charge is 2.13. The maximum atomic E-state index is 4.37. The van der Waals surface area contributed by atoms with Crippen LogP contribution in [0.1, 0.15) is 18.4 Å². The van der Waals surface area contributed by atoms with Gasteiger partial charge in [-0.2, -0.15) is 0 Å². The highest BCUT2D eigenvalue weighted by molar-refractivity contribution is 9.10. The zero-order chi connectivity index (χ0) is 11.4. The number of pyridine rings is 1. The number of nitrogens with one attached hydrogen (secondary N) is 2. The molecule has 1 saturated heterocycles. The molecule has 1 fully saturated rings. The summed E-state index contributed by atoms with van der Waals surface area (Å²) in [5, 5.41) is 6.80. The van der Waals surface area contributed by atoms with Crippen LogP contribution in [0.3, 0.4) is 0 Å². The van der Waals surface area contributed by atoms with Crippen molar-refractivity contribution in [3.8, 4) is 0 Å². The molecule has 4 heteroatoms. The minimum absolute atomic E-state index is 0.836. The molecule has 1 aromatic rings. The smallest absolute Gasteiger partial charge is 0.128 e. The summed E-state index contributed by atoms with van der Waals surface area (Å²) >= 11 is 3.42. The molecule has 2 rings (SSSR count). The van der Waals surface area contributed by atoms with Gasteiger partial charge in [-0.15, -0.1) is 0 Å². The van der Waals surface area contributed by atoms with E-state index in [1.54, 1.807) is 0 Å². The molecule has 3 nitrogen and oxygen atoms in total. The van der Waals surface area contributed by atoms with E-state index in [2.05, 4.69) is 44.5 Å². The highest BCUT2D eigenvalue weighted by atomic mass is 79.9. The van der Waals surface area contributed by atoms with Crippen LogP contribution >= 0.6 is 15.9 Å². The molecule has 0 bridgehead atoms. The molecular formula is C12H18BrN3. The van der Waals surface area contributed by atoms with Crippen molar-refractivity contribution in [1.29, 1.82) is 0 Å². The summed E-state index contributed by atoms with van der Waals surface area (Å²) in [5.74, 6) is 1.84. The molecule has 1 atom stereocenters. The zero-order valence-electron chi connectivity index (χ0n) is 9.59. The van der Waals surface area contributed by atoms with Crippen molar-refractivity contribution in [2.45, 2.75) is 19.8 Å². The number of rotatable bonds is 4. The van der Waals surface area contributed by atoms with E-state index < -0.39 is 0 Å². The van der Waals surface area contributed by atoms with E-state index in [-0.39, 0.29) is 0 Å². The Kier molecular flexibility index (Phi) is 4.18. The molecule has 16 heavy (non-hydrogen) atoms. The molecular weight excluding hydrogens is 266 g/mol. The van der Waals surface area contributed by atoms with Crippen molar-refractivity contribution in [2.75, 3.05) is 25.0 Å². The minimum atomic E-state index is 0.836. The lowest BCUT2D eigenvalue weighted by Crippen LogP contribution is -2.13. The summed E-state index contributed by atoms with van der Waals surface area (Å²) in [7, 11) is 0. The number of hydrogen-bond donors (Lipinski definition) is 2. The Morgan fingerprint density at radius 3 is 3.19 bits per heavy atom. The van der Waals surface area contributed by atoms with Crippen LogP contribution in [0, 0.1) is 12.8 Å². The molecule has 2 heterocycles. The maximum absolute atomic E-state index is 4.37. The van der Waals surface area contributed by atoms with Crippen LogP contribution in [-0.2, 0) is 0 Å². The van der Waals surface area contributed by atoms with Gasteiger partial charge in [0.25, 0.3) is 0 Å². The fraction of sp³-hybridized carbons (Fsp3) is 0.583. The predicted molar refractivity (Wildman–Crippen MR) is 70.8 cm³/mol. The number of halogens is 1. The standard InChI is InChI=1S/C12H18BrN3/c1-9-6-11(13)8-16-12(9)15-5-3-10-2-4-14-7-10/h6,8,10,14H,2-5,7H2,1H3,(H,15,16). The third-order valence-corrected chi connectivity index (χ3v) is 3.49. The van der Waals surface area contributed by atoms with Crippen LogP contribution in [0.2, 0.25) is 0 Å². The summed E-state index contributed by atoms with van der Waals surface area (Å²) in [6.45, 7) is 5.45. The summed E-state index contributed by atoms with van der Waals surface area (Å²) < 4.78 is 1.04. The molecule has 0 aliphatic carbocycles. The third kappa shape index (κ3) is 3.19. The molecule has 0 amide bonds. The monoisotopic (exact) mass is 283 g/mol. The SMILES string of the molecule is Cc1cc(Br)cnc1NCCC1CCNC1. The van der Waals surface area contributed by atoms with Gasteiger partial charge in [-0.3, -0.25) is 0 Å². The van der Waals surface area contributed by atoms with Gasteiger partial charge in [0, 0.05) is 17.2 Å². The first kappa shape index (κ1) is 11.9. The minimum Gasteiger partial charge on any atom is -0.370 e. The van der Waals surface area contributed by atoms with Crippen LogP contribution in [0.5, 0.6) is 0 Å². The van der Waals surface area contributed by atoms with Crippen molar-refractivity contribution in [1.82, 2.24) is 10.3 Å². The molecule has 88 valence electrons. The molecule has 1 unspecified atom stereocenters. The van der Waals surface area contributed by atoms with Gasteiger partial charge in [0.15, 0.2) is 0 Å². The molecule has 0 aromatic carbocycles. The Morgan fingerprint density at radius 1 is 1.62 bits per heavy atom. The van der Waals surface area contributed by atoms with Crippen molar-refractivity contribution >= 4 is 21.7 Å². The molecule has 0 saturated carbocycles. The topological polar surface area (TPSA) is 37.0 Å². The molecule has 1 aromatic heterocycles. The van der Waals surface area contributed by atoms with Crippen molar-refractivity contribution in [3.05, 3.63) is 22.3 Å². The van der Waals surface area contributed by atoms with E-state index in [0.717, 1.165) is 22.8 Å². The number of aromatic nitrogens is 1. The van der Waals surface area contributed by atoms with Crippen molar-refractivity contribution < 1.29 is 0 Å². The van der Waals surface area contributed by atoms with Gasteiger partial charge in [-0.25, -0.2) is 4.98 Å². The number of hydrogen-bond acceptors (Lipinski definition) is 3. The first-order valence-corrected chi connectivity index (χ1v) is 6.62. The second-order valence-corrected chi connectivity index (χ2v) is 5.31. The largest absolute Gasteiger partial charge is 0.370 e. The Balaban J connectivity index is 1.80. The lowest BCUT2D eigenvalue weighted by molar-refractivity contribution is 0.549. The van der Waals surface area contributed by atoms with Crippen LogP contribution in [0.15, 0.2) is 16.7 Å². The lowest BCUT2D eigenvalue weighted by atomic mass is 10.1. The van der Waals surface area contributed by atoms with Crippen LogP contribution in [0.4, 0.5) is 5.82 Å². The fourth-order valence-electron chi connectivity index (χ4n) is 2.08.